The van der Waals surface area contributed by atoms with Crippen molar-refractivity contribution in [1.82, 2.24) is 0 Å². The number of esters is 1. The molecule has 0 atom stereocenters. The van der Waals surface area contributed by atoms with Crippen LogP contribution in [0.1, 0.15) is 10.4 Å². The Bertz CT molecular complexity index is 1010. The van der Waals surface area contributed by atoms with Gasteiger partial charge in [0.1, 0.15) is 5.57 Å². The number of rotatable bonds is 2. The fourth-order valence-electron chi connectivity index (χ4n) is 2.80. The molecule has 122 valence electrons. The minimum Gasteiger partial charge on any atom is -0.420 e. The number of carbonyl (C=O) groups excluding carboxylic acids is 4. The Kier molecular flexibility index (Phi) is 3.30. The van der Waals surface area contributed by atoms with Crippen molar-refractivity contribution >= 4 is 40.7 Å². The Hall–Kier alpha value is -3.25. The Morgan fingerprint density at radius 2 is 1.72 bits per heavy atom. The number of ether oxygens (including phenoxy) is 1. The summed E-state index contributed by atoms with van der Waals surface area (Å²) in [7, 11) is 0. The molecule has 4 rings (SSSR count). The SMILES string of the molecule is O=C1Oc2ccc(Cl)cc2N2C(=O)C(=O)C(C(=O)c3ccccc3)=C12. The van der Waals surface area contributed by atoms with Crippen LogP contribution >= 0.6 is 11.6 Å². The Morgan fingerprint density at radius 1 is 1.00 bits per heavy atom. The van der Waals surface area contributed by atoms with Gasteiger partial charge in [-0.25, -0.2) is 4.79 Å². The maximum atomic E-state index is 12.7. The van der Waals surface area contributed by atoms with Crippen molar-refractivity contribution in [1.29, 1.82) is 0 Å². The van der Waals surface area contributed by atoms with Crippen LogP contribution < -0.4 is 9.64 Å². The zero-order chi connectivity index (χ0) is 17.7. The summed E-state index contributed by atoms with van der Waals surface area (Å²) in [5.41, 5.74) is -0.528. The number of benzene rings is 2. The molecule has 0 unspecified atom stereocenters. The number of hydrogen-bond donors (Lipinski definition) is 0. The number of Topliss-reactive ketones (excluding diaryl/α,β-unsaturated/α-hetero) is 2. The number of halogens is 1. The van der Waals surface area contributed by atoms with Crippen molar-refractivity contribution in [2.45, 2.75) is 0 Å². The molecule has 0 radical (unpaired) electrons. The van der Waals surface area contributed by atoms with E-state index in [2.05, 4.69) is 0 Å². The molecule has 1 amide bonds. The van der Waals surface area contributed by atoms with Crippen LogP contribution in [0.2, 0.25) is 5.02 Å². The maximum absolute atomic E-state index is 12.7. The molecular weight excluding hydrogens is 346 g/mol. The second-order valence-corrected chi connectivity index (χ2v) is 5.83. The highest BCUT2D eigenvalue weighted by Crippen LogP contribution is 2.42. The second kappa shape index (κ2) is 5.39. The number of nitrogens with zero attached hydrogens (tertiary/aromatic N) is 1. The molecule has 0 saturated heterocycles. The molecule has 25 heavy (non-hydrogen) atoms. The summed E-state index contributed by atoms with van der Waals surface area (Å²) >= 11 is 5.94. The number of ketones is 2. The number of fused-ring (bicyclic) bond motifs is 3. The van der Waals surface area contributed by atoms with Crippen molar-refractivity contribution < 1.29 is 23.9 Å². The van der Waals surface area contributed by atoms with Gasteiger partial charge in [-0.1, -0.05) is 41.9 Å². The summed E-state index contributed by atoms with van der Waals surface area (Å²) in [5.74, 6) is -3.59. The lowest BCUT2D eigenvalue weighted by molar-refractivity contribution is -0.133. The molecule has 0 aromatic heterocycles. The zero-order valence-corrected chi connectivity index (χ0v) is 13.2. The highest BCUT2D eigenvalue weighted by atomic mass is 35.5. The number of carbonyl (C=O) groups is 4. The Labute approximate surface area is 146 Å². The minimum absolute atomic E-state index is 0.0905. The van der Waals surface area contributed by atoms with Crippen LogP contribution in [0.15, 0.2) is 59.8 Å². The van der Waals surface area contributed by atoms with Gasteiger partial charge in [0.15, 0.2) is 17.2 Å². The molecule has 0 N–H and O–H groups in total. The largest absolute Gasteiger partial charge is 0.420 e. The Morgan fingerprint density at radius 3 is 2.44 bits per heavy atom. The second-order valence-electron chi connectivity index (χ2n) is 5.39. The van der Waals surface area contributed by atoms with Crippen LogP contribution in [0.4, 0.5) is 5.69 Å². The van der Waals surface area contributed by atoms with Gasteiger partial charge in [-0.15, -0.1) is 0 Å². The number of hydrogen-bond acceptors (Lipinski definition) is 5. The van der Waals surface area contributed by atoms with E-state index in [1.165, 1.54) is 30.3 Å². The first-order chi connectivity index (χ1) is 12.0. The molecule has 0 spiro atoms. The smallest absolute Gasteiger partial charge is 0.361 e. The Balaban J connectivity index is 1.93. The summed E-state index contributed by atoms with van der Waals surface area (Å²) in [4.78, 5) is 50.8. The molecule has 2 aromatic carbocycles. The highest BCUT2D eigenvalue weighted by Gasteiger charge is 2.49. The van der Waals surface area contributed by atoms with Gasteiger partial charge in [0, 0.05) is 10.6 Å². The van der Waals surface area contributed by atoms with Gasteiger partial charge >= 0.3 is 11.9 Å². The van der Waals surface area contributed by atoms with E-state index in [0.717, 1.165) is 4.90 Å². The first-order valence-corrected chi connectivity index (χ1v) is 7.61. The summed E-state index contributed by atoms with van der Waals surface area (Å²) in [6.07, 6.45) is 0. The molecule has 7 heteroatoms. The van der Waals surface area contributed by atoms with Gasteiger partial charge in [-0.05, 0) is 18.2 Å². The molecule has 2 aliphatic rings. The lowest BCUT2D eigenvalue weighted by atomic mass is 10.00. The standard InChI is InChI=1S/C18H8ClNO5/c19-10-6-7-12-11(8-10)20-14(18(24)25-12)13(16(22)17(20)23)15(21)9-4-2-1-3-5-9/h1-8H. The van der Waals surface area contributed by atoms with Crippen LogP contribution in [0.3, 0.4) is 0 Å². The molecule has 0 bridgehead atoms. The highest BCUT2D eigenvalue weighted by molar-refractivity contribution is 6.59. The molecule has 6 nitrogen and oxygen atoms in total. The van der Waals surface area contributed by atoms with Gasteiger partial charge in [0.25, 0.3) is 5.78 Å². The van der Waals surface area contributed by atoms with Gasteiger partial charge in [0.05, 0.1) is 5.69 Å². The molecule has 0 fully saturated rings. The minimum atomic E-state index is -1.05. The van der Waals surface area contributed by atoms with E-state index in [-0.39, 0.29) is 22.7 Å². The number of amides is 1. The molecule has 0 aliphatic carbocycles. The number of anilines is 1. The lowest BCUT2D eigenvalue weighted by Crippen LogP contribution is -2.36. The molecule has 2 heterocycles. The summed E-state index contributed by atoms with van der Waals surface area (Å²) in [6.45, 7) is 0. The predicted molar refractivity (Wildman–Crippen MR) is 87.4 cm³/mol. The van der Waals surface area contributed by atoms with Gasteiger partial charge in [-0.3, -0.25) is 19.3 Å². The molecule has 0 saturated carbocycles. The van der Waals surface area contributed by atoms with Crippen molar-refractivity contribution in [2.24, 2.45) is 0 Å². The summed E-state index contributed by atoms with van der Waals surface area (Å²) in [5, 5.41) is 0.291. The average molecular weight is 354 g/mol. The first-order valence-electron chi connectivity index (χ1n) is 7.23. The van der Waals surface area contributed by atoms with Crippen LogP contribution in [0.5, 0.6) is 5.75 Å². The van der Waals surface area contributed by atoms with Gasteiger partial charge < -0.3 is 4.74 Å². The van der Waals surface area contributed by atoms with Gasteiger partial charge in [-0.2, -0.15) is 0 Å². The lowest BCUT2D eigenvalue weighted by Gasteiger charge is -2.26. The third kappa shape index (κ3) is 2.19. The van der Waals surface area contributed by atoms with E-state index in [9.17, 15) is 19.2 Å². The van der Waals surface area contributed by atoms with Gasteiger partial charge in [0.2, 0.25) is 0 Å². The van der Waals surface area contributed by atoms with Crippen LogP contribution in [-0.4, -0.2) is 23.4 Å². The van der Waals surface area contributed by atoms with E-state index < -0.39 is 29.0 Å². The fourth-order valence-corrected chi connectivity index (χ4v) is 2.96. The maximum Gasteiger partial charge on any atom is 0.361 e. The fraction of sp³-hybridized carbons (Fsp3) is 0. The van der Waals surface area contributed by atoms with Crippen LogP contribution in [0, 0.1) is 0 Å². The molecule has 2 aromatic rings. The third-order valence-corrected chi connectivity index (χ3v) is 4.14. The van der Waals surface area contributed by atoms with Crippen LogP contribution in [0.25, 0.3) is 0 Å². The molecule has 2 aliphatic heterocycles. The van der Waals surface area contributed by atoms with E-state index >= 15 is 0 Å². The van der Waals surface area contributed by atoms with E-state index in [1.54, 1.807) is 18.2 Å². The van der Waals surface area contributed by atoms with Crippen molar-refractivity contribution in [3.63, 3.8) is 0 Å². The summed E-state index contributed by atoms with van der Waals surface area (Å²) in [6, 6.07) is 12.2. The first kappa shape index (κ1) is 15.3. The van der Waals surface area contributed by atoms with Crippen molar-refractivity contribution in [2.75, 3.05) is 4.90 Å². The van der Waals surface area contributed by atoms with Crippen molar-refractivity contribution in [3.8, 4) is 5.75 Å². The van der Waals surface area contributed by atoms with Crippen molar-refractivity contribution in [3.05, 3.63) is 70.4 Å². The zero-order valence-electron chi connectivity index (χ0n) is 12.5. The van der Waals surface area contributed by atoms with E-state index in [0.29, 0.717) is 5.02 Å². The summed E-state index contributed by atoms with van der Waals surface area (Å²) < 4.78 is 5.16. The monoisotopic (exact) mass is 353 g/mol. The van der Waals surface area contributed by atoms with Crippen LogP contribution in [-0.2, 0) is 14.4 Å². The van der Waals surface area contributed by atoms with E-state index in [1.807, 2.05) is 0 Å². The van der Waals surface area contributed by atoms with E-state index in [4.69, 9.17) is 16.3 Å². The third-order valence-electron chi connectivity index (χ3n) is 3.91. The quantitative estimate of drug-likeness (QED) is 0.272. The topological polar surface area (TPSA) is 80.8 Å². The average Bonchev–Trinajstić information content (AvgIpc) is 2.88. The molecular formula is C18H8ClNO5. The normalized spacial score (nSPS) is 15.9. The predicted octanol–water partition coefficient (Wildman–Crippen LogP) is 2.31.